The van der Waals surface area contributed by atoms with Crippen molar-refractivity contribution in [3.05, 3.63) is 29.3 Å². The van der Waals surface area contributed by atoms with E-state index in [0.717, 1.165) is 36.3 Å². The van der Waals surface area contributed by atoms with Gasteiger partial charge in [-0.1, -0.05) is 6.07 Å². The first kappa shape index (κ1) is 11.0. The van der Waals surface area contributed by atoms with Crippen LogP contribution in [-0.4, -0.2) is 29.8 Å². The highest BCUT2D eigenvalue weighted by atomic mass is 16.2. The molecule has 4 rings (SSSR count). The van der Waals surface area contributed by atoms with Crippen LogP contribution in [0.1, 0.15) is 24.0 Å². The molecule has 98 valence electrons. The summed E-state index contributed by atoms with van der Waals surface area (Å²) in [4.78, 5) is 25.3. The predicted octanol–water partition coefficient (Wildman–Crippen LogP) is 0.560. The number of anilines is 1. The lowest BCUT2D eigenvalue weighted by Crippen LogP contribution is -2.45. The van der Waals surface area contributed by atoms with Crippen LogP contribution in [-0.2, 0) is 21.7 Å². The van der Waals surface area contributed by atoms with Gasteiger partial charge in [0.15, 0.2) is 0 Å². The van der Waals surface area contributed by atoms with E-state index < -0.39 is 0 Å². The van der Waals surface area contributed by atoms with Crippen LogP contribution in [0.2, 0.25) is 0 Å². The monoisotopic (exact) mass is 257 g/mol. The fourth-order valence-electron chi connectivity index (χ4n) is 3.53. The summed E-state index contributed by atoms with van der Waals surface area (Å²) >= 11 is 0. The van der Waals surface area contributed by atoms with Gasteiger partial charge in [-0.15, -0.1) is 0 Å². The first-order chi connectivity index (χ1) is 9.19. The first-order valence-corrected chi connectivity index (χ1v) is 6.68. The average Bonchev–Trinajstić information content (AvgIpc) is 3.03. The molecule has 0 bridgehead atoms. The number of hydrogen-bond donors (Lipinski definition) is 2. The lowest BCUT2D eigenvalue weighted by molar-refractivity contribution is -0.130. The maximum absolute atomic E-state index is 11.9. The summed E-state index contributed by atoms with van der Waals surface area (Å²) in [6, 6.07) is 6.04. The largest absolute Gasteiger partial charge is 0.326 e. The molecule has 2 N–H and O–H groups in total. The van der Waals surface area contributed by atoms with Crippen LogP contribution in [0.5, 0.6) is 0 Å². The molecule has 0 aliphatic carbocycles. The number of nitrogens with zero attached hydrogens (tertiary/aromatic N) is 1. The molecule has 1 unspecified atom stereocenters. The first-order valence-electron chi connectivity index (χ1n) is 6.68. The van der Waals surface area contributed by atoms with E-state index in [-0.39, 0.29) is 17.5 Å². The highest BCUT2D eigenvalue weighted by Crippen LogP contribution is 2.41. The van der Waals surface area contributed by atoms with E-state index in [9.17, 15) is 9.59 Å². The van der Waals surface area contributed by atoms with E-state index in [1.807, 2.05) is 17.0 Å². The Hall–Kier alpha value is -1.88. The number of carbonyl (C=O) groups is 2. The molecule has 5 nitrogen and oxygen atoms in total. The number of benzene rings is 1. The highest BCUT2D eigenvalue weighted by molar-refractivity contribution is 5.99. The average molecular weight is 257 g/mol. The van der Waals surface area contributed by atoms with Gasteiger partial charge in [-0.25, -0.2) is 0 Å². The third-order valence-electron chi connectivity index (χ3n) is 4.42. The van der Waals surface area contributed by atoms with Crippen molar-refractivity contribution in [2.45, 2.75) is 24.9 Å². The molecule has 1 aromatic carbocycles. The highest BCUT2D eigenvalue weighted by Gasteiger charge is 2.49. The fraction of sp³-hybridized carbons (Fsp3) is 0.429. The van der Waals surface area contributed by atoms with Gasteiger partial charge in [0.1, 0.15) is 5.66 Å². The molecule has 2 amide bonds. The van der Waals surface area contributed by atoms with Gasteiger partial charge in [-0.3, -0.25) is 14.9 Å². The molecule has 19 heavy (non-hydrogen) atoms. The van der Waals surface area contributed by atoms with Crippen LogP contribution in [0.15, 0.2) is 18.2 Å². The number of hydrogen-bond acceptors (Lipinski definition) is 3. The predicted molar refractivity (Wildman–Crippen MR) is 69.4 cm³/mol. The molecule has 0 spiro atoms. The zero-order valence-electron chi connectivity index (χ0n) is 10.5. The number of fused-ring (bicyclic) bond motifs is 2. The van der Waals surface area contributed by atoms with E-state index in [1.165, 1.54) is 0 Å². The lowest BCUT2D eigenvalue weighted by atomic mass is 9.95. The van der Waals surface area contributed by atoms with E-state index >= 15 is 0 Å². The van der Waals surface area contributed by atoms with Crippen LogP contribution >= 0.6 is 0 Å². The van der Waals surface area contributed by atoms with E-state index in [0.29, 0.717) is 12.8 Å². The van der Waals surface area contributed by atoms with Crippen LogP contribution < -0.4 is 10.6 Å². The summed E-state index contributed by atoms with van der Waals surface area (Å²) < 4.78 is 0. The maximum Gasteiger partial charge on any atom is 0.228 e. The van der Waals surface area contributed by atoms with Crippen molar-refractivity contribution in [3.63, 3.8) is 0 Å². The van der Waals surface area contributed by atoms with Crippen molar-refractivity contribution in [2.24, 2.45) is 0 Å². The van der Waals surface area contributed by atoms with Crippen LogP contribution in [0.25, 0.3) is 0 Å². The molecule has 2 saturated heterocycles. The second-order valence-corrected chi connectivity index (χ2v) is 5.43. The van der Waals surface area contributed by atoms with Crippen LogP contribution in [0.3, 0.4) is 0 Å². The summed E-state index contributed by atoms with van der Waals surface area (Å²) in [6.07, 6.45) is 1.85. The van der Waals surface area contributed by atoms with Gasteiger partial charge in [0.2, 0.25) is 11.8 Å². The second-order valence-electron chi connectivity index (χ2n) is 5.43. The Bertz CT molecular complexity index is 598. The second kappa shape index (κ2) is 3.57. The molecule has 3 aliphatic rings. The Morgan fingerprint density at radius 3 is 3.05 bits per heavy atom. The minimum Gasteiger partial charge on any atom is -0.326 e. The van der Waals surface area contributed by atoms with Crippen LogP contribution in [0.4, 0.5) is 5.69 Å². The molecule has 3 heterocycles. The van der Waals surface area contributed by atoms with Crippen molar-refractivity contribution in [1.82, 2.24) is 10.2 Å². The Kier molecular flexibility index (Phi) is 2.07. The van der Waals surface area contributed by atoms with Crippen molar-refractivity contribution in [1.29, 1.82) is 0 Å². The van der Waals surface area contributed by atoms with E-state index in [2.05, 4.69) is 16.7 Å². The van der Waals surface area contributed by atoms with Gasteiger partial charge >= 0.3 is 0 Å². The quantitative estimate of drug-likeness (QED) is 0.772. The van der Waals surface area contributed by atoms with Gasteiger partial charge in [0, 0.05) is 25.2 Å². The minimum absolute atomic E-state index is 0.0448. The van der Waals surface area contributed by atoms with E-state index in [4.69, 9.17) is 0 Å². The third-order valence-corrected chi connectivity index (χ3v) is 4.42. The normalized spacial score (nSPS) is 28.5. The Labute approximate surface area is 111 Å². The molecule has 5 heteroatoms. The Balaban J connectivity index is 1.79. The number of carbonyl (C=O) groups excluding carboxylic acids is 2. The fourth-order valence-corrected chi connectivity index (χ4v) is 3.53. The molecule has 0 radical (unpaired) electrons. The lowest BCUT2D eigenvalue weighted by Gasteiger charge is -2.32. The van der Waals surface area contributed by atoms with Gasteiger partial charge in [-0.05, 0) is 29.7 Å². The molecule has 1 atom stereocenters. The van der Waals surface area contributed by atoms with Gasteiger partial charge in [0.25, 0.3) is 0 Å². The van der Waals surface area contributed by atoms with Gasteiger partial charge < -0.3 is 10.2 Å². The smallest absolute Gasteiger partial charge is 0.228 e. The standard InChI is InChI=1S/C14H15N3O2/c18-12-8-9-7-10(1-2-11(9)16-12)14-4-3-13(19)17(14)6-5-15-14/h1-2,7,15H,3-6,8H2,(H,16,18). The van der Waals surface area contributed by atoms with Crippen molar-refractivity contribution in [2.75, 3.05) is 18.4 Å². The number of amides is 2. The molecule has 2 fully saturated rings. The number of rotatable bonds is 1. The summed E-state index contributed by atoms with van der Waals surface area (Å²) in [6.45, 7) is 1.60. The van der Waals surface area contributed by atoms with Crippen molar-refractivity contribution >= 4 is 17.5 Å². The van der Waals surface area contributed by atoms with Crippen molar-refractivity contribution < 1.29 is 9.59 Å². The number of nitrogens with one attached hydrogen (secondary N) is 2. The maximum atomic E-state index is 11.9. The Morgan fingerprint density at radius 1 is 1.26 bits per heavy atom. The molecular formula is C14H15N3O2. The van der Waals surface area contributed by atoms with Gasteiger partial charge in [-0.2, -0.15) is 0 Å². The third kappa shape index (κ3) is 1.39. The molecule has 0 saturated carbocycles. The van der Waals surface area contributed by atoms with E-state index in [1.54, 1.807) is 0 Å². The SMILES string of the molecule is O=C1Cc2cc(C34CCC(=O)N3CCN4)ccc2N1. The Morgan fingerprint density at radius 2 is 2.16 bits per heavy atom. The summed E-state index contributed by atoms with van der Waals surface area (Å²) in [5, 5.41) is 6.32. The van der Waals surface area contributed by atoms with Crippen LogP contribution in [0, 0.1) is 0 Å². The minimum atomic E-state index is -0.336. The van der Waals surface area contributed by atoms with Gasteiger partial charge in [0.05, 0.1) is 6.42 Å². The zero-order chi connectivity index (χ0) is 13.0. The summed E-state index contributed by atoms with van der Waals surface area (Å²) in [5.74, 6) is 0.267. The summed E-state index contributed by atoms with van der Waals surface area (Å²) in [5.41, 5.74) is 2.70. The topological polar surface area (TPSA) is 61.4 Å². The molecular weight excluding hydrogens is 242 g/mol. The summed E-state index contributed by atoms with van der Waals surface area (Å²) in [7, 11) is 0. The molecule has 3 aliphatic heterocycles. The molecule has 0 aromatic heterocycles. The van der Waals surface area contributed by atoms with Crippen molar-refractivity contribution in [3.8, 4) is 0 Å². The molecule has 1 aromatic rings. The zero-order valence-corrected chi connectivity index (χ0v) is 10.5.